The Bertz CT molecular complexity index is 405. The van der Waals surface area contributed by atoms with E-state index in [2.05, 4.69) is 22.9 Å². The minimum absolute atomic E-state index is 0.0255. The summed E-state index contributed by atoms with van der Waals surface area (Å²) < 4.78 is 13.9. The van der Waals surface area contributed by atoms with E-state index in [1.165, 1.54) is 5.56 Å². The molecule has 0 radical (unpaired) electrons. The van der Waals surface area contributed by atoms with E-state index in [4.69, 9.17) is 0 Å². The lowest BCUT2D eigenvalue weighted by atomic mass is 9.90. The van der Waals surface area contributed by atoms with Gasteiger partial charge in [0.05, 0.1) is 6.04 Å². The highest BCUT2D eigenvalue weighted by atomic mass is 19.1. The fraction of sp³-hybridized carbons (Fsp3) is 0.538. The number of hydrogen-bond acceptors (Lipinski definition) is 2. The van der Waals surface area contributed by atoms with Crippen LogP contribution in [0.25, 0.3) is 0 Å². The number of halogens is 1. The molecule has 0 saturated carbocycles. The zero-order valence-corrected chi connectivity index (χ0v) is 9.62. The summed E-state index contributed by atoms with van der Waals surface area (Å²) in [5.74, 6) is -0.0255. The molecule has 0 N–H and O–H groups in total. The number of nitrogens with zero attached hydrogens (tertiary/aromatic N) is 2. The first-order valence-electron chi connectivity index (χ1n) is 5.95. The average Bonchev–Trinajstić information content (AvgIpc) is 2.28. The molecule has 1 unspecified atom stereocenters. The van der Waals surface area contributed by atoms with Gasteiger partial charge in [-0.1, -0.05) is 12.1 Å². The van der Waals surface area contributed by atoms with E-state index in [1.54, 1.807) is 6.07 Å². The summed E-state index contributed by atoms with van der Waals surface area (Å²) >= 11 is 0. The summed E-state index contributed by atoms with van der Waals surface area (Å²) in [6, 6.07) is 5.76. The van der Waals surface area contributed by atoms with Crippen molar-refractivity contribution in [2.45, 2.75) is 12.5 Å². The second-order valence-electron chi connectivity index (χ2n) is 4.88. The SMILES string of the molecule is CN1CCN2CCc3cccc(F)c3C2C1. The maximum atomic E-state index is 13.9. The van der Waals surface area contributed by atoms with Crippen molar-refractivity contribution in [2.75, 3.05) is 33.2 Å². The van der Waals surface area contributed by atoms with Gasteiger partial charge in [-0.3, -0.25) is 4.90 Å². The van der Waals surface area contributed by atoms with Crippen LogP contribution in [0.1, 0.15) is 17.2 Å². The molecule has 1 aromatic rings. The molecule has 0 amide bonds. The molecular weight excluding hydrogens is 203 g/mol. The highest BCUT2D eigenvalue weighted by molar-refractivity contribution is 5.34. The second kappa shape index (κ2) is 3.82. The van der Waals surface area contributed by atoms with E-state index < -0.39 is 0 Å². The summed E-state index contributed by atoms with van der Waals surface area (Å²) in [4.78, 5) is 4.72. The van der Waals surface area contributed by atoms with E-state index in [0.29, 0.717) is 0 Å². The zero-order chi connectivity index (χ0) is 11.1. The topological polar surface area (TPSA) is 6.48 Å². The molecule has 1 saturated heterocycles. The molecule has 0 spiro atoms. The molecule has 3 heteroatoms. The fourth-order valence-electron chi connectivity index (χ4n) is 2.94. The van der Waals surface area contributed by atoms with Crippen LogP contribution in [-0.4, -0.2) is 43.0 Å². The molecule has 1 atom stereocenters. The van der Waals surface area contributed by atoms with Gasteiger partial charge in [0.25, 0.3) is 0 Å². The number of benzene rings is 1. The lowest BCUT2D eigenvalue weighted by Crippen LogP contribution is -2.49. The molecule has 0 aliphatic carbocycles. The predicted octanol–water partition coefficient (Wildman–Crippen LogP) is 1.67. The Morgan fingerprint density at radius 3 is 3.00 bits per heavy atom. The van der Waals surface area contributed by atoms with Crippen LogP contribution in [0.5, 0.6) is 0 Å². The lowest BCUT2D eigenvalue weighted by Gasteiger charge is -2.43. The Balaban J connectivity index is 2.02. The van der Waals surface area contributed by atoms with Gasteiger partial charge >= 0.3 is 0 Å². The molecule has 1 aromatic carbocycles. The summed E-state index contributed by atoms with van der Waals surface area (Å²) in [5, 5.41) is 0. The third-order valence-electron chi connectivity index (χ3n) is 3.84. The molecule has 86 valence electrons. The molecule has 2 aliphatic rings. The highest BCUT2D eigenvalue weighted by Gasteiger charge is 2.33. The first-order valence-corrected chi connectivity index (χ1v) is 5.95. The van der Waals surface area contributed by atoms with Crippen molar-refractivity contribution in [1.82, 2.24) is 9.80 Å². The lowest BCUT2D eigenvalue weighted by molar-refractivity contribution is 0.0800. The quantitative estimate of drug-likeness (QED) is 0.656. The van der Waals surface area contributed by atoms with Gasteiger partial charge in [0.1, 0.15) is 5.82 Å². The summed E-state index contributed by atoms with van der Waals surface area (Å²) in [6.07, 6.45) is 0.993. The summed E-state index contributed by atoms with van der Waals surface area (Å²) in [6.45, 7) is 4.19. The van der Waals surface area contributed by atoms with E-state index in [-0.39, 0.29) is 11.9 Å². The zero-order valence-electron chi connectivity index (χ0n) is 9.62. The number of hydrogen-bond donors (Lipinski definition) is 0. The van der Waals surface area contributed by atoms with Crippen LogP contribution < -0.4 is 0 Å². The predicted molar refractivity (Wildman–Crippen MR) is 61.9 cm³/mol. The molecule has 2 aliphatic heterocycles. The van der Waals surface area contributed by atoms with E-state index in [0.717, 1.165) is 38.2 Å². The molecular formula is C13H17FN2. The van der Waals surface area contributed by atoms with Crippen LogP contribution in [0.3, 0.4) is 0 Å². The minimum atomic E-state index is -0.0255. The normalized spacial score (nSPS) is 26.2. The smallest absolute Gasteiger partial charge is 0.128 e. The molecule has 0 aromatic heterocycles. The Hall–Kier alpha value is -0.930. The van der Waals surface area contributed by atoms with Crippen LogP contribution in [0.15, 0.2) is 18.2 Å². The van der Waals surface area contributed by atoms with Crippen LogP contribution in [0.4, 0.5) is 4.39 Å². The van der Waals surface area contributed by atoms with E-state index in [9.17, 15) is 4.39 Å². The Kier molecular flexibility index (Phi) is 2.45. The van der Waals surface area contributed by atoms with Gasteiger partial charge in [0, 0.05) is 31.7 Å². The number of fused-ring (bicyclic) bond motifs is 3. The minimum Gasteiger partial charge on any atom is -0.303 e. The second-order valence-corrected chi connectivity index (χ2v) is 4.88. The molecule has 16 heavy (non-hydrogen) atoms. The van der Waals surface area contributed by atoms with Gasteiger partial charge in [0.2, 0.25) is 0 Å². The van der Waals surface area contributed by atoms with Gasteiger partial charge < -0.3 is 4.90 Å². The fourth-order valence-corrected chi connectivity index (χ4v) is 2.94. The number of likely N-dealkylation sites (N-methyl/N-ethyl adjacent to an activating group) is 1. The maximum Gasteiger partial charge on any atom is 0.128 e. The van der Waals surface area contributed by atoms with Crippen LogP contribution in [0, 0.1) is 5.82 Å². The summed E-state index contributed by atoms with van der Waals surface area (Å²) in [7, 11) is 2.12. The average molecular weight is 220 g/mol. The van der Waals surface area contributed by atoms with Crippen molar-refractivity contribution >= 4 is 0 Å². The molecule has 0 bridgehead atoms. The molecule has 1 fully saturated rings. The van der Waals surface area contributed by atoms with Crippen LogP contribution in [0.2, 0.25) is 0 Å². The van der Waals surface area contributed by atoms with Crippen molar-refractivity contribution in [3.05, 3.63) is 35.1 Å². The highest BCUT2D eigenvalue weighted by Crippen LogP contribution is 2.33. The molecule has 2 heterocycles. The van der Waals surface area contributed by atoms with Crippen LogP contribution in [-0.2, 0) is 6.42 Å². The molecule has 3 rings (SSSR count). The Morgan fingerprint density at radius 1 is 1.25 bits per heavy atom. The number of piperazine rings is 1. The van der Waals surface area contributed by atoms with Crippen molar-refractivity contribution in [3.63, 3.8) is 0 Å². The van der Waals surface area contributed by atoms with Gasteiger partial charge in [0.15, 0.2) is 0 Å². The third-order valence-corrected chi connectivity index (χ3v) is 3.84. The van der Waals surface area contributed by atoms with Crippen molar-refractivity contribution in [2.24, 2.45) is 0 Å². The monoisotopic (exact) mass is 220 g/mol. The maximum absolute atomic E-state index is 13.9. The van der Waals surface area contributed by atoms with Crippen molar-refractivity contribution in [3.8, 4) is 0 Å². The van der Waals surface area contributed by atoms with Gasteiger partial charge in [-0.05, 0) is 25.1 Å². The first-order chi connectivity index (χ1) is 7.75. The van der Waals surface area contributed by atoms with Gasteiger partial charge in [-0.15, -0.1) is 0 Å². The standard InChI is InChI=1S/C13H17FN2/c1-15-7-8-16-6-5-10-3-2-4-11(14)13(10)12(16)9-15/h2-4,12H,5-9H2,1H3. The van der Waals surface area contributed by atoms with Gasteiger partial charge in [-0.25, -0.2) is 4.39 Å². The van der Waals surface area contributed by atoms with E-state index >= 15 is 0 Å². The van der Waals surface area contributed by atoms with Crippen molar-refractivity contribution in [1.29, 1.82) is 0 Å². The van der Waals surface area contributed by atoms with E-state index in [1.807, 2.05) is 6.07 Å². The Labute approximate surface area is 95.7 Å². The first kappa shape index (κ1) is 10.2. The van der Waals surface area contributed by atoms with Gasteiger partial charge in [-0.2, -0.15) is 0 Å². The Morgan fingerprint density at radius 2 is 2.12 bits per heavy atom. The van der Waals surface area contributed by atoms with Crippen molar-refractivity contribution < 1.29 is 4.39 Å². The number of rotatable bonds is 0. The summed E-state index contributed by atoms with van der Waals surface area (Å²) in [5.41, 5.74) is 2.15. The third kappa shape index (κ3) is 1.55. The largest absolute Gasteiger partial charge is 0.303 e. The molecule has 2 nitrogen and oxygen atoms in total. The van der Waals surface area contributed by atoms with Crippen LogP contribution >= 0.6 is 0 Å².